The van der Waals surface area contributed by atoms with Crippen molar-refractivity contribution in [3.63, 3.8) is 0 Å². The van der Waals surface area contributed by atoms with Crippen LogP contribution in [-0.2, 0) is 57.0 Å². The first kappa shape index (κ1) is 49.7. The fourth-order valence-electron chi connectivity index (χ4n) is 4.85. The van der Waals surface area contributed by atoms with Crippen LogP contribution in [0.25, 0.3) is 0 Å². The van der Waals surface area contributed by atoms with Gasteiger partial charge in [0.15, 0.2) is 0 Å². The second-order valence-corrected chi connectivity index (χ2v) is 13.2. The number of esters is 1. The van der Waals surface area contributed by atoms with Gasteiger partial charge in [-0.05, 0) is 33.6 Å². The van der Waals surface area contributed by atoms with Gasteiger partial charge in [0.05, 0.1) is 124 Å². The van der Waals surface area contributed by atoms with E-state index in [0.29, 0.717) is 132 Å². The molecule has 19 nitrogen and oxygen atoms in total. The van der Waals surface area contributed by atoms with Gasteiger partial charge in [-0.2, -0.15) is 0 Å². The van der Waals surface area contributed by atoms with Crippen molar-refractivity contribution < 1.29 is 77.1 Å². The standard InChI is InChI=1S/C35H67N3O16/c1-27(40)38-31-28(53-29(26-39)32(42)33(31)43)6-5-10-45-14-16-47-12-8-36-34(44)37-9-13-48-17-19-50-21-23-52-25-24-51-22-20-49-18-15-46-11-7-30(41)54-35(2,3)4/h28-29,31-33,39,42-43H,5-26H2,1-4H3,(H,38,40)(H2,36,37,44)/t28-,29-,31?,32+,33-/m1/s1. The molecular formula is C35H67N3O16. The zero-order chi connectivity index (χ0) is 39.9. The van der Waals surface area contributed by atoms with Gasteiger partial charge in [-0.3, -0.25) is 9.59 Å². The summed E-state index contributed by atoms with van der Waals surface area (Å²) in [5.41, 5.74) is -0.491. The fourth-order valence-corrected chi connectivity index (χ4v) is 4.85. The van der Waals surface area contributed by atoms with Gasteiger partial charge < -0.3 is 78.6 Å². The van der Waals surface area contributed by atoms with Crippen LogP contribution in [0.15, 0.2) is 0 Å². The number of ether oxygens (including phenoxy) is 10. The van der Waals surface area contributed by atoms with E-state index in [-0.39, 0.29) is 24.3 Å². The Morgan fingerprint density at radius 2 is 1.04 bits per heavy atom. The molecule has 0 aromatic rings. The van der Waals surface area contributed by atoms with E-state index in [1.807, 2.05) is 20.8 Å². The molecule has 0 radical (unpaired) electrons. The van der Waals surface area contributed by atoms with Crippen molar-refractivity contribution in [3.05, 3.63) is 0 Å². The number of urea groups is 1. The molecule has 5 atom stereocenters. The van der Waals surface area contributed by atoms with Crippen LogP contribution in [0, 0.1) is 0 Å². The molecule has 0 spiro atoms. The quantitative estimate of drug-likeness (QED) is 0.0343. The molecule has 0 aromatic heterocycles. The summed E-state index contributed by atoms with van der Waals surface area (Å²) in [5, 5.41) is 37.8. The van der Waals surface area contributed by atoms with Crippen molar-refractivity contribution in [2.75, 3.05) is 125 Å². The Balaban J connectivity index is 1.81. The summed E-state index contributed by atoms with van der Waals surface area (Å²) in [6.45, 7) is 13.3. The zero-order valence-corrected chi connectivity index (χ0v) is 32.6. The largest absolute Gasteiger partial charge is 0.460 e. The highest BCUT2D eigenvalue weighted by atomic mass is 16.6. The van der Waals surface area contributed by atoms with Gasteiger partial charge in [-0.1, -0.05) is 0 Å². The maximum absolute atomic E-state index is 11.9. The van der Waals surface area contributed by atoms with Gasteiger partial charge in [0.2, 0.25) is 5.91 Å². The van der Waals surface area contributed by atoms with Crippen LogP contribution in [0.3, 0.4) is 0 Å². The number of hydrogen-bond donors (Lipinski definition) is 6. The van der Waals surface area contributed by atoms with Crippen LogP contribution in [0.2, 0.25) is 0 Å². The highest BCUT2D eigenvalue weighted by Gasteiger charge is 2.44. The van der Waals surface area contributed by atoms with Crippen LogP contribution < -0.4 is 16.0 Å². The summed E-state index contributed by atoms with van der Waals surface area (Å²) in [7, 11) is 0. The molecule has 0 saturated carbocycles. The van der Waals surface area contributed by atoms with E-state index in [4.69, 9.17) is 47.4 Å². The monoisotopic (exact) mass is 785 g/mol. The van der Waals surface area contributed by atoms with Crippen molar-refractivity contribution in [2.45, 2.75) is 83.0 Å². The lowest BCUT2D eigenvalue weighted by Gasteiger charge is -2.42. The third-order valence-corrected chi connectivity index (χ3v) is 7.34. The Bertz CT molecular complexity index is 960. The predicted molar refractivity (Wildman–Crippen MR) is 193 cm³/mol. The number of rotatable bonds is 33. The molecule has 1 unspecified atom stereocenters. The number of aliphatic hydroxyl groups is 3. The van der Waals surface area contributed by atoms with Crippen LogP contribution in [0.5, 0.6) is 0 Å². The van der Waals surface area contributed by atoms with E-state index < -0.39 is 42.7 Å². The number of aliphatic hydroxyl groups excluding tert-OH is 3. The molecule has 6 N–H and O–H groups in total. The molecule has 0 bridgehead atoms. The Morgan fingerprint density at radius 1 is 0.611 bits per heavy atom. The Hall–Kier alpha value is -2.27. The summed E-state index contributed by atoms with van der Waals surface area (Å²) in [4.78, 5) is 35.0. The molecule has 0 aromatic carbocycles. The molecule has 1 aliphatic rings. The minimum absolute atomic E-state index is 0.213. The van der Waals surface area contributed by atoms with Crippen molar-refractivity contribution in [3.8, 4) is 0 Å². The summed E-state index contributed by atoms with van der Waals surface area (Å²) >= 11 is 0. The van der Waals surface area contributed by atoms with E-state index in [1.54, 1.807) is 0 Å². The second-order valence-electron chi connectivity index (χ2n) is 13.2. The summed E-state index contributed by atoms with van der Waals surface area (Å²) < 4.78 is 54.5. The van der Waals surface area contributed by atoms with Crippen LogP contribution in [0.1, 0.15) is 47.0 Å². The lowest BCUT2D eigenvalue weighted by atomic mass is 9.90. The minimum atomic E-state index is -1.30. The smallest absolute Gasteiger partial charge is 0.314 e. The van der Waals surface area contributed by atoms with E-state index >= 15 is 0 Å². The number of nitrogens with one attached hydrogen (secondary N) is 3. The molecule has 318 valence electrons. The molecular weight excluding hydrogens is 718 g/mol. The molecule has 0 aliphatic carbocycles. The van der Waals surface area contributed by atoms with Gasteiger partial charge in [-0.15, -0.1) is 0 Å². The van der Waals surface area contributed by atoms with Crippen LogP contribution >= 0.6 is 0 Å². The topological polar surface area (TPSA) is 240 Å². The van der Waals surface area contributed by atoms with E-state index in [9.17, 15) is 29.7 Å². The van der Waals surface area contributed by atoms with Crippen molar-refractivity contribution >= 4 is 17.9 Å². The van der Waals surface area contributed by atoms with E-state index in [1.165, 1.54) is 6.92 Å². The molecule has 1 fully saturated rings. The van der Waals surface area contributed by atoms with Gasteiger partial charge >= 0.3 is 12.0 Å². The molecule has 19 heteroatoms. The SMILES string of the molecule is CC(=O)NC1[C@@H](O)[C@@H](O)[C@@H](CO)O[C@@H]1CCCOCCOCCNC(=O)NCCOCCOCCOCCOCCOCCOCCC(=O)OC(C)(C)C. The van der Waals surface area contributed by atoms with Crippen LogP contribution in [0.4, 0.5) is 4.79 Å². The molecule has 1 heterocycles. The number of amides is 3. The molecule has 1 saturated heterocycles. The lowest BCUT2D eigenvalue weighted by Crippen LogP contribution is -2.63. The third kappa shape index (κ3) is 27.3. The fraction of sp³-hybridized carbons (Fsp3) is 0.914. The highest BCUT2D eigenvalue weighted by molar-refractivity contribution is 5.74. The first-order chi connectivity index (χ1) is 25.9. The first-order valence-corrected chi connectivity index (χ1v) is 18.7. The maximum Gasteiger partial charge on any atom is 0.314 e. The Labute approximate surface area is 319 Å². The molecule has 1 aliphatic heterocycles. The lowest BCUT2D eigenvalue weighted by molar-refractivity contribution is -0.197. The Morgan fingerprint density at radius 3 is 1.46 bits per heavy atom. The second kappa shape index (κ2) is 31.9. The predicted octanol–water partition coefficient (Wildman–Crippen LogP) is -1.08. The van der Waals surface area contributed by atoms with Crippen molar-refractivity contribution in [1.82, 2.24) is 16.0 Å². The highest BCUT2D eigenvalue weighted by Crippen LogP contribution is 2.24. The van der Waals surface area contributed by atoms with Crippen molar-refractivity contribution in [2.24, 2.45) is 0 Å². The normalized spacial score (nSPS) is 20.1. The van der Waals surface area contributed by atoms with Gasteiger partial charge in [0.1, 0.15) is 23.9 Å². The number of hydrogen-bond acceptors (Lipinski definition) is 16. The van der Waals surface area contributed by atoms with Crippen LogP contribution in [-0.4, -0.2) is 195 Å². The summed E-state index contributed by atoms with van der Waals surface area (Å²) in [5.74, 6) is -0.641. The minimum Gasteiger partial charge on any atom is -0.460 e. The number of carbonyl (C=O) groups excluding carboxylic acids is 3. The summed E-state index contributed by atoms with van der Waals surface area (Å²) in [6, 6.07) is -1.12. The zero-order valence-electron chi connectivity index (χ0n) is 32.6. The molecule has 1 rings (SSSR count). The van der Waals surface area contributed by atoms with E-state index in [0.717, 1.165) is 0 Å². The first-order valence-electron chi connectivity index (χ1n) is 18.7. The van der Waals surface area contributed by atoms with Crippen molar-refractivity contribution in [1.29, 1.82) is 0 Å². The summed E-state index contributed by atoms with van der Waals surface area (Å²) in [6.07, 6.45) is -2.86. The Kier molecular flexibility index (Phi) is 29.4. The molecule has 54 heavy (non-hydrogen) atoms. The maximum atomic E-state index is 11.9. The van der Waals surface area contributed by atoms with E-state index in [2.05, 4.69) is 16.0 Å². The average molecular weight is 786 g/mol. The third-order valence-electron chi connectivity index (χ3n) is 7.34. The number of carbonyl (C=O) groups is 3. The van der Waals surface area contributed by atoms with Gasteiger partial charge in [0.25, 0.3) is 0 Å². The molecule has 3 amide bonds. The van der Waals surface area contributed by atoms with Gasteiger partial charge in [-0.25, -0.2) is 4.79 Å². The average Bonchev–Trinajstić information content (AvgIpc) is 3.11. The van der Waals surface area contributed by atoms with Gasteiger partial charge in [0, 0.05) is 26.6 Å².